The molecule has 0 amide bonds. The Labute approximate surface area is 170 Å². The first-order valence-electron chi connectivity index (χ1n) is 9.71. The summed E-state index contributed by atoms with van der Waals surface area (Å²) in [5.74, 6) is -2.00. The van der Waals surface area contributed by atoms with E-state index in [9.17, 15) is 19.2 Å². The third-order valence-electron chi connectivity index (χ3n) is 4.16. The summed E-state index contributed by atoms with van der Waals surface area (Å²) in [4.78, 5) is 47.6. The third kappa shape index (κ3) is 7.37. The molecule has 1 aliphatic heterocycles. The second kappa shape index (κ2) is 12.5. The van der Waals surface area contributed by atoms with Gasteiger partial charge in [-0.05, 0) is 0 Å². The first-order chi connectivity index (χ1) is 13.8. The van der Waals surface area contributed by atoms with E-state index in [1.807, 2.05) is 0 Å². The highest BCUT2D eigenvalue weighted by Crippen LogP contribution is 2.30. The maximum atomic E-state index is 12.0. The Morgan fingerprint density at radius 3 is 1.55 bits per heavy atom. The van der Waals surface area contributed by atoms with Gasteiger partial charge in [-0.3, -0.25) is 19.2 Å². The minimum absolute atomic E-state index is 0.0394. The quantitative estimate of drug-likeness (QED) is 0.358. The Morgan fingerprint density at radius 1 is 0.690 bits per heavy atom. The molecule has 166 valence electrons. The zero-order valence-corrected chi connectivity index (χ0v) is 17.5. The van der Waals surface area contributed by atoms with Crippen molar-refractivity contribution >= 4 is 23.7 Å². The Kier molecular flexibility index (Phi) is 10.8. The lowest BCUT2D eigenvalue weighted by molar-refractivity contribution is -0.347. The second-order valence-electron chi connectivity index (χ2n) is 6.24. The fraction of sp³-hybridized carbons (Fsp3) is 0.789. The monoisotopic (exact) mass is 418 g/mol. The molecule has 10 heteroatoms. The standard InChI is InChI=1S/C19H30O10/c1-6-11(20)10-25-19-17(28-14(23)9-4)15(26-12(21)7-2)16(18(24-5)29-19)27-13(22)8-3/h15-19H,6-10H2,1-5H3/t15-,16-,17-,18-,19+/m1/s1. The van der Waals surface area contributed by atoms with E-state index in [1.54, 1.807) is 27.7 Å². The van der Waals surface area contributed by atoms with E-state index in [-0.39, 0.29) is 38.1 Å². The Bertz CT molecular complexity index is 575. The molecule has 1 heterocycles. The molecule has 0 aliphatic carbocycles. The van der Waals surface area contributed by atoms with Crippen LogP contribution in [0, 0.1) is 0 Å². The summed E-state index contributed by atoms with van der Waals surface area (Å²) < 4.78 is 32.6. The molecular weight excluding hydrogens is 388 g/mol. The maximum Gasteiger partial charge on any atom is 0.306 e. The van der Waals surface area contributed by atoms with Crippen LogP contribution in [0.4, 0.5) is 0 Å². The van der Waals surface area contributed by atoms with Gasteiger partial charge in [0, 0.05) is 32.8 Å². The molecule has 0 N–H and O–H groups in total. The Balaban J connectivity index is 3.25. The van der Waals surface area contributed by atoms with Crippen molar-refractivity contribution in [2.75, 3.05) is 13.7 Å². The summed E-state index contributed by atoms with van der Waals surface area (Å²) in [6, 6.07) is 0. The number of hydrogen-bond acceptors (Lipinski definition) is 10. The van der Waals surface area contributed by atoms with Crippen LogP contribution < -0.4 is 0 Å². The predicted molar refractivity (Wildman–Crippen MR) is 97.4 cm³/mol. The highest BCUT2D eigenvalue weighted by Gasteiger charge is 2.53. The molecule has 1 rings (SSSR count). The lowest BCUT2D eigenvalue weighted by Gasteiger charge is -2.43. The fourth-order valence-electron chi connectivity index (χ4n) is 2.47. The molecule has 1 aliphatic rings. The number of esters is 3. The van der Waals surface area contributed by atoms with Crippen LogP contribution in [0.25, 0.3) is 0 Å². The summed E-state index contributed by atoms with van der Waals surface area (Å²) in [7, 11) is 1.31. The Hall–Kier alpha value is -2.04. The van der Waals surface area contributed by atoms with Crippen molar-refractivity contribution in [2.24, 2.45) is 0 Å². The van der Waals surface area contributed by atoms with Crippen LogP contribution in [0.2, 0.25) is 0 Å². The number of Topliss-reactive ketones (excluding diaryl/α,β-unsaturated/α-hetero) is 1. The number of ether oxygens (including phenoxy) is 6. The van der Waals surface area contributed by atoms with Crippen molar-refractivity contribution in [1.82, 2.24) is 0 Å². The second-order valence-corrected chi connectivity index (χ2v) is 6.24. The van der Waals surface area contributed by atoms with Crippen molar-refractivity contribution in [2.45, 2.75) is 84.3 Å². The highest BCUT2D eigenvalue weighted by molar-refractivity contribution is 5.79. The van der Waals surface area contributed by atoms with E-state index in [0.717, 1.165) is 0 Å². The zero-order valence-electron chi connectivity index (χ0n) is 17.5. The van der Waals surface area contributed by atoms with E-state index >= 15 is 0 Å². The van der Waals surface area contributed by atoms with Crippen LogP contribution >= 0.6 is 0 Å². The van der Waals surface area contributed by atoms with Crippen molar-refractivity contribution in [3.05, 3.63) is 0 Å². The lowest BCUT2D eigenvalue weighted by atomic mass is 10.0. The highest BCUT2D eigenvalue weighted by atomic mass is 16.8. The molecule has 0 unspecified atom stereocenters. The molecule has 0 spiro atoms. The lowest BCUT2D eigenvalue weighted by Crippen LogP contribution is -2.62. The first kappa shape index (κ1) is 25.0. The number of hydrogen-bond donors (Lipinski definition) is 0. The van der Waals surface area contributed by atoms with Gasteiger partial charge in [-0.15, -0.1) is 0 Å². The van der Waals surface area contributed by atoms with Gasteiger partial charge >= 0.3 is 17.9 Å². The molecule has 0 aromatic rings. The first-order valence-corrected chi connectivity index (χ1v) is 9.71. The summed E-state index contributed by atoms with van der Waals surface area (Å²) in [5, 5.41) is 0. The minimum atomic E-state index is -1.27. The van der Waals surface area contributed by atoms with Crippen LogP contribution in [-0.2, 0) is 47.6 Å². The number of rotatable bonds is 11. The van der Waals surface area contributed by atoms with Gasteiger partial charge in [-0.2, -0.15) is 0 Å². The van der Waals surface area contributed by atoms with E-state index in [4.69, 9.17) is 28.4 Å². The summed E-state index contributed by atoms with van der Waals surface area (Å²) in [6.45, 7) is 6.14. The molecule has 0 saturated carbocycles. The average molecular weight is 418 g/mol. The Morgan fingerprint density at radius 2 is 1.14 bits per heavy atom. The minimum Gasteiger partial charge on any atom is -0.454 e. The van der Waals surface area contributed by atoms with Crippen LogP contribution in [0.15, 0.2) is 0 Å². The number of carbonyl (C=O) groups is 4. The van der Waals surface area contributed by atoms with Gasteiger partial charge in [0.15, 0.2) is 24.1 Å². The van der Waals surface area contributed by atoms with E-state index in [2.05, 4.69) is 0 Å². The van der Waals surface area contributed by atoms with E-state index < -0.39 is 48.8 Å². The smallest absolute Gasteiger partial charge is 0.306 e. The number of carbonyl (C=O) groups excluding carboxylic acids is 4. The van der Waals surface area contributed by atoms with Crippen LogP contribution in [0.1, 0.15) is 53.4 Å². The van der Waals surface area contributed by atoms with Crippen LogP contribution in [0.3, 0.4) is 0 Å². The molecule has 29 heavy (non-hydrogen) atoms. The summed E-state index contributed by atoms with van der Waals surface area (Å²) >= 11 is 0. The largest absolute Gasteiger partial charge is 0.454 e. The molecule has 0 bridgehead atoms. The molecule has 0 aromatic heterocycles. The molecule has 1 fully saturated rings. The van der Waals surface area contributed by atoms with Gasteiger partial charge in [0.2, 0.25) is 12.6 Å². The summed E-state index contributed by atoms with van der Waals surface area (Å²) in [5.41, 5.74) is 0. The van der Waals surface area contributed by atoms with Gasteiger partial charge in [0.1, 0.15) is 6.61 Å². The topological polar surface area (TPSA) is 124 Å². The van der Waals surface area contributed by atoms with Gasteiger partial charge < -0.3 is 28.4 Å². The molecular formula is C19H30O10. The van der Waals surface area contributed by atoms with E-state index in [1.165, 1.54) is 7.11 Å². The van der Waals surface area contributed by atoms with Gasteiger partial charge in [0.05, 0.1) is 0 Å². The van der Waals surface area contributed by atoms with Gasteiger partial charge in [-0.1, -0.05) is 27.7 Å². The van der Waals surface area contributed by atoms with Crippen LogP contribution in [0.5, 0.6) is 0 Å². The zero-order chi connectivity index (χ0) is 22.0. The molecule has 1 saturated heterocycles. The fourth-order valence-corrected chi connectivity index (χ4v) is 2.47. The summed E-state index contributed by atoms with van der Waals surface area (Å²) in [6.07, 6.45) is -5.75. The van der Waals surface area contributed by atoms with Gasteiger partial charge in [0.25, 0.3) is 0 Å². The maximum absolute atomic E-state index is 12.0. The molecule has 0 radical (unpaired) electrons. The predicted octanol–water partition coefficient (Wildman–Crippen LogP) is 1.28. The van der Waals surface area contributed by atoms with Crippen molar-refractivity contribution < 1.29 is 47.6 Å². The van der Waals surface area contributed by atoms with E-state index in [0.29, 0.717) is 0 Å². The van der Waals surface area contributed by atoms with Gasteiger partial charge in [-0.25, -0.2) is 0 Å². The normalized spacial score (nSPS) is 26.4. The molecule has 0 aromatic carbocycles. The van der Waals surface area contributed by atoms with Crippen molar-refractivity contribution in [1.29, 1.82) is 0 Å². The van der Waals surface area contributed by atoms with Crippen molar-refractivity contribution in [3.8, 4) is 0 Å². The third-order valence-corrected chi connectivity index (χ3v) is 4.16. The number of methoxy groups -OCH3 is 1. The molecule has 5 atom stereocenters. The van der Waals surface area contributed by atoms with Crippen molar-refractivity contribution in [3.63, 3.8) is 0 Å². The SMILES string of the molecule is CCC(=O)CO[C@H]1O[C@@H](OC)[C@H](OC(=O)CC)[C@@H](OC(=O)CC)[C@H]1OC(=O)CC. The molecule has 10 nitrogen and oxygen atoms in total. The van der Waals surface area contributed by atoms with Crippen LogP contribution in [-0.4, -0.2) is 68.3 Å². The average Bonchev–Trinajstić information content (AvgIpc) is 2.73. The number of ketones is 1.